The summed E-state index contributed by atoms with van der Waals surface area (Å²) in [6.45, 7) is 0.286. The van der Waals surface area contributed by atoms with Crippen LogP contribution < -0.4 is 9.47 Å². The largest absolute Gasteiger partial charge is 0.496 e. The highest BCUT2D eigenvalue weighted by Gasteiger charge is 2.12. The van der Waals surface area contributed by atoms with Gasteiger partial charge in [-0.2, -0.15) is 0 Å². The minimum absolute atomic E-state index is 0.286. The third-order valence-corrected chi connectivity index (χ3v) is 5.33. The zero-order valence-electron chi connectivity index (χ0n) is 14.3. The van der Waals surface area contributed by atoms with Crippen molar-refractivity contribution in [3.8, 4) is 11.5 Å². The number of benzene rings is 2. The molecule has 0 aliphatic rings. The smallest absolute Gasteiger partial charge is 0.191 e. The van der Waals surface area contributed by atoms with Gasteiger partial charge in [0, 0.05) is 23.4 Å². The number of nitrogens with zero attached hydrogens (tertiary/aromatic N) is 3. The average molecular weight is 410 g/mol. The summed E-state index contributed by atoms with van der Waals surface area (Å²) in [5.41, 5.74) is 1.00. The first kappa shape index (κ1) is 18.9. The van der Waals surface area contributed by atoms with Gasteiger partial charge in [0.15, 0.2) is 11.0 Å². The van der Waals surface area contributed by atoms with Crippen LogP contribution in [0.4, 0.5) is 0 Å². The molecule has 3 aromatic rings. The van der Waals surface area contributed by atoms with Crippen LogP contribution in [0.25, 0.3) is 0 Å². The maximum atomic E-state index is 6.10. The van der Waals surface area contributed by atoms with Crippen LogP contribution >= 0.6 is 35.0 Å². The standard InChI is InChI=1S/C18H17Cl2N3O2S/c1-23-17(10-25-16-6-4-3-5-14(16)20)21-22-18(23)26-11-12-9-13(19)7-8-15(12)24-2/h3-9H,10-11H2,1-2H3. The molecule has 0 saturated carbocycles. The maximum absolute atomic E-state index is 6.10. The first-order valence-electron chi connectivity index (χ1n) is 7.79. The topological polar surface area (TPSA) is 49.2 Å². The van der Waals surface area contributed by atoms with Crippen LogP contribution in [-0.2, 0) is 19.4 Å². The number of hydrogen-bond acceptors (Lipinski definition) is 5. The van der Waals surface area contributed by atoms with E-state index in [0.29, 0.717) is 27.4 Å². The summed E-state index contributed by atoms with van der Waals surface area (Å²) in [5.74, 6) is 2.80. The summed E-state index contributed by atoms with van der Waals surface area (Å²) in [4.78, 5) is 0. The second-order valence-corrected chi connectivity index (χ2v) is 7.21. The zero-order valence-corrected chi connectivity index (χ0v) is 16.6. The molecule has 0 amide bonds. The molecule has 0 spiro atoms. The highest BCUT2D eigenvalue weighted by atomic mass is 35.5. The molecule has 0 unspecified atom stereocenters. The van der Waals surface area contributed by atoms with Crippen molar-refractivity contribution in [2.45, 2.75) is 17.5 Å². The zero-order chi connectivity index (χ0) is 18.5. The van der Waals surface area contributed by atoms with Gasteiger partial charge in [0.2, 0.25) is 0 Å². The third-order valence-electron chi connectivity index (χ3n) is 3.72. The van der Waals surface area contributed by atoms with Crippen molar-refractivity contribution in [3.05, 3.63) is 63.9 Å². The molecular weight excluding hydrogens is 393 g/mol. The van der Waals surface area contributed by atoms with E-state index in [1.54, 1.807) is 31.0 Å². The Morgan fingerprint density at radius 2 is 1.88 bits per heavy atom. The van der Waals surface area contributed by atoms with Crippen LogP contribution in [-0.4, -0.2) is 21.9 Å². The molecule has 0 radical (unpaired) electrons. The molecule has 1 aromatic heterocycles. The van der Waals surface area contributed by atoms with Crippen molar-refractivity contribution in [2.75, 3.05) is 7.11 Å². The van der Waals surface area contributed by atoms with Crippen molar-refractivity contribution < 1.29 is 9.47 Å². The third kappa shape index (κ3) is 4.44. The Bertz CT molecular complexity index is 902. The van der Waals surface area contributed by atoms with Crippen LogP contribution in [0.2, 0.25) is 10.0 Å². The molecule has 136 valence electrons. The minimum atomic E-state index is 0.286. The predicted molar refractivity (Wildman–Crippen MR) is 104 cm³/mol. The van der Waals surface area contributed by atoms with Gasteiger partial charge in [0.25, 0.3) is 0 Å². The number of ether oxygens (including phenoxy) is 2. The molecule has 8 heteroatoms. The number of thioether (sulfide) groups is 1. The Morgan fingerprint density at radius 3 is 2.65 bits per heavy atom. The van der Waals surface area contributed by atoms with Gasteiger partial charge in [-0.05, 0) is 30.3 Å². The molecule has 0 saturated heterocycles. The summed E-state index contributed by atoms with van der Waals surface area (Å²) < 4.78 is 13.0. The van der Waals surface area contributed by atoms with E-state index in [1.165, 1.54) is 0 Å². The van der Waals surface area contributed by atoms with Crippen LogP contribution in [0, 0.1) is 0 Å². The van der Waals surface area contributed by atoms with Gasteiger partial charge in [-0.3, -0.25) is 0 Å². The molecule has 0 fully saturated rings. The summed E-state index contributed by atoms with van der Waals surface area (Å²) >= 11 is 13.7. The molecule has 26 heavy (non-hydrogen) atoms. The van der Waals surface area contributed by atoms with Crippen LogP contribution in [0.5, 0.6) is 11.5 Å². The first-order chi connectivity index (χ1) is 12.6. The Morgan fingerprint density at radius 1 is 1.08 bits per heavy atom. The fourth-order valence-electron chi connectivity index (χ4n) is 2.30. The van der Waals surface area contributed by atoms with Crippen molar-refractivity contribution >= 4 is 35.0 Å². The lowest BCUT2D eigenvalue weighted by Crippen LogP contribution is -2.04. The summed E-state index contributed by atoms with van der Waals surface area (Å²) in [5, 5.41) is 10.5. The Kier molecular flexibility index (Phi) is 6.29. The summed E-state index contributed by atoms with van der Waals surface area (Å²) in [7, 11) is 3.55. The molecule has 0 atom stereocenters. The normalized spacial score (nSPS) is 10.8. The fourth-order valence-corrected chi connectivity index (χ4v) is 3.60. The monoisotopic (exact) mass is 409 g/mol. The Balaban J connectivity index is 1.66. The first-order valence-corrected chi connectivity index (χ1v) is 9.53. The van der Waals surface area contributed by atoms with Gasteiger partial charge in [0.1, 0.15) is 18.1 Å². The second-order valence-electron chi connectivity index (χ2n) is 5.42. The van der Waals surface area contributed by atoms with Gasteiger partial charge in [-0.25, -0.2) is 0 Å². The molecule has 0 N–H and O–H groups in total. The predicted octanol–water partition coefficient (Wildman–Crippen LogP) is 5.00. The van der Waals surface area contributed by atoms with E-state index < -0.39 is 0 Å². The Labute approximate surface area is 166 Å². The van der Waals surface area contributed by atoms with Gasteiger partial charge < -0.3 is 14.0 Å². The molecule has 0 aliphatic heterocycles. The fraction of sp³-hybridized carbons (Fsp3) is 0.222. The number of halogens is 2. The summed E-state index contributed by atoms with van der Waals surface area (Å²) in [6.07, 6.45) is 0. The van der Waals surface area contributed by atoms with Crippen molar-refractivity contribution in [1.29, 1.82) is 0 Å². The van der Waals surface area contributed by atoms with Crippen LogP contribution in [0.1, 0.15) is 11.4 Å². The molecule has 0 aliphatic carbocycles. The molecular formula is C18H17Cl2N3O2S. The van der Waals surface area contributed by atoms with Gasteiger partial charge >= 0.3 is 0 Å². The molecule has 2 aromatic carbocycles. The SMILES string of the molecule is COc1ccc(Cl)cc1CSc1nnc(COc2ccccc2Cl)n1C. The van der Waals surface area contributed by atoms with E-state index in [1.807, 2.05) is 41.9 Å². The lowest BCUT2D eigenvalue weighted by molar-refractivity contribution is 0.290. The summed E-state index contributed by atoms with van der Waals surface area (Å²) in [6, 6.07) is 12.9. The molecule has 1 heterocycles. The van der Waals surface area contributed by atoms with Crippen molar-refractivity contribution in [2.24, 2.45) is 7.05 Å². The Hall–Kier alpha value is -1.89. The van der Waals surface area contributed by atoms with E-state index in [-0.39, 0.29) is 6.61 Å². The van der Waals surface area contributed by atoms with E-state index in [0.717, 1.165) is 16.5 Å². The van der Waals surface area contributed by atoms with E-state index in [9.17, 15) is 0 Å². The lowest BCUT2D eigenvalue weighted by Gasteiger charge is -2.09. The van der Waals surface area contributed by atoms with Crippen molar-refractivity contribution in [1.82, 2.24) is 14.8 Å². The average Bonchev–Trinajstić information content (AvgIpc) is 2.99. The van der Waals surface area contributed by atoms with Crippen LogP contribution in [0.15, 0.2) is 47.6 Å². The quantitative estimate of drug-likeness (QED) is 0.513. The molecule has 3 rings (SSSR count). The highest BCUT2D eigenvalue weighted by Crippen LogP contribution is 2.30. The number of aromatic nitrogens is 3. The van der Waals surface area contributed by atoms with Crippen molar-refractivity contribution in [3.63, 3.8) is 0 Å². The minimum Gasteiger partial charge on any atom is -0.496 e. The second kappa shape index (κ2) is 8.66. The van der Waals surface area contributed by atoms with E-state index >= 15 is 0 Å². The van der Waals surface area contributed by atoms with Gasteiger partial charge in [-0.15, -0.1) is 10.2 Å². The van der Waals surface area contributed by atoms with Gasteiger partial charge in [-0.1, -0.05) is 47.1 Å². The van der Waals surface area contributed by atoms with E-state index in [4.69, 9.17) is 32.7 Å². The van der Waals surface area contributed by atoms with Crippen LogP contribution in [0.3, 0.4) is 0 Å². The lowest BCUT2D eigenvalue weighted by atomic mass is 10.2. The number of rotatable bonds is 7. The van der Waals surface area contributed by atoms with E-state index in [2.05, 4.69) is 10.2 Å². The maximum Gasteiger partial charge on any atom is 0.191 e. The number of para-hydroxylation sites is 1. The molecule has 0 bridgehead atoms. The number of methoxy groups -OCH3 is 1. The number of hydrogen-bond donors (Lipinski definition) is 0. The highest BCUT2D eigenvalue weighted by molar-refractivity contribution is 7.98. The molecule has 5 nitrogen and oxygen atoms in total. The van der Waals surface area contributed by atoms with Gasteiger partial charge in [0.05, 0.1) is 12.1 Å².